The average Bonchev–Trinajstić information content (AvgIpc) is 2.44. The number of nitrogens with two attached hydrogens (primary N) is 1. The second-order valence-electron chi connectivity index (χ2n) is 5.27. The van der Waals surface area contributed by atoms with Crippen molar-refractivity contribution in [1.29, 1.82) is 0 Å². The van der Waals surface area contributed by atoms with Crippen LogP contribution in [0.4, 0.5) is 0 Å². The van der Waals surface area contributed by atoms with Gasteiger partial charge in [0.05, 0.1) is 6.61 Å². The normalized spacial score (nSPS) is 21.8. The Morgan fingerprint density at radius 2 is 2.22 bits per heavy atom. The maximum absolute atomic E-state index is 5.71. The van der Waals surface area contributed by atoms with Gasteiger partial charge in [-0.15, -0.1) is 0 Å². The van der Waals surface area contributed by atoms with Gasteiger partial charge in [-0.25, -0.2) is 0 Å². The largest absolute Gasteiger partial charge is 0.493 e. The van der Waals surface area contributed by atoms with Crippen LogP contribution in [0.15, 0.2) is 24.3 Å². The molecule has 3 atom stereocenters. The lowest BCUT2D eigenvalue weighted by Gasteiger charge is -2.31. The molecule has 0 saturated heterocycles. The van der Waals surface area contributed by atoms with Gasteiger partial charge in [-0.05, 0) is 36.3 Å². The molecule has 3 nitrogen and oxygen atoms in total. The number of hydrogen-bond donors (Lipinski definition) is 2. The SMILES string of the molecule is CCC(C)C(CC1CCOc2ccccc21)NN. The molecule has 1 aliphatic heterocycles. The van der Waals surface area contributed by atoms with E-state index < -0.39 is 0 Å². The zero-order valence-electron chi connectivity index (χ0n) is 11.4. The number of hydrazine groups is 1. The van der Waals surface area contributed by atoms with Crippen molar-refractivity contribution in [3.8, 4) is 5.75 Å². The van der Waals surface area contributed by atoms with E-state index in [9.17, 15) is 0 Å². The molecule has 0 spiro atoms. The highest BCUT2D eigenvalue weighted by molar-refractivity contribution is 5.37. The summed E-state index contributed by atoms with van der Waals surface area (Å²) in [7, 11) is 0. The van der Waals surface area contributed by atoms with Gasteiger partial charge < -0.3 is 4.74 Å². The molecule has 2 rings (SSSR count). The standard InChI is InChI=1S/C15H24N2O/c1-3-11(2)14(17-16)10-12-8-9-18-15-7-5-4-6-13(12)15/h4-7,11-12,14,17H,3,8-10,16H2,1-2H3. The van der Waals surface area contributed by atoms with E-state index in [1.807, 2.05) is 6.07 Å². The highest BCUT2D eigenvalue weighted by Gasteiger charge is 2.25. The fourth-order valence-corrected chi connectivity index (χ4v) is 2.72. The van der Waals surface area contributed by atoms with E-state index in [0.717, 1.165) is 31.6 Å². The highest BCUT2D eigenvalue weighted by atomic mass is 16.5. The first kappa shape index (κ1) is 13.4. The summed E-state index contributed by atoms with van der Waals surface area (Å²) in [4.78, 5) is 0. The zero-order valence-corrected chi connectivity index (χ0v) is 11.4. The van der Waals surface area contributed by atoms with Gasteiger partial charge in [0.1, 0.15) is 5.75 Å². The number of fused-ring (bicyclic) bond motifs is 1. The maximum Gasteiger partial charge on any atom is 0.122 e. The van der Waals surface area contributed by atoms with E-state index in [0.29, 0.717) is 17.9 Å². The zero-order chi connectivity index (χ0) is 13.0. The molecule has 3 heteroatoms. The van der Waals surface area contributed by atoms with Crippen molar-refractivity contribution in [2.45, 2.75) is 45.1 Å². The minimum Gasteiger partial charge on any atom is -0.493 e. The third-order valence-electron chi connectivity index (χ3n) is 4.17. The Labute approximate surface area is 110 Å². The van der Waals surface area contributed by atoms with Crippen LogP contribution in [0.3, 0.4) is 0 Å². The van der Waals surface area contributed by atoms with E-state index in [-0.39, 0.29) is 0 Å². The molecule has 0 saturated carbocycles. The Hall–Kier alpha value is -1.06. The molecule has 18 heavy (non-hydrogen) atoms. The van der Waals surface area contributed by atoms with Crippen LogP contribution in [0, 0.1) is 5.92 Å². The summed E-state index contributed by atoms with van der Waals surface area (Å²) < 4.78 is 5.70. The van der Waals surface area contributed by atoms with E-state index in [2.05, 4.69) is 37.5 Å². The number of nitrogens with one attached hydrogen (secondary N) is 1. The average molecular weight is 248 g/mol. The first-order valence-electron chi connectivity index (χ1n) is 6.94. The molecule has 1 aromatic rings. The molecule has 0 aliphatic carbocycles. The van der Waals surface area contributed by atoms with Crippen molar-refractivity contribution in [3.63, 3.8) is 0 Å². The lowest BCUT2D eigenvalue weighted by molar-refractivity contribution is 0.242. The number of hydrogen-bond acceptors (Lipinski definition) is 3. The van der Waals surface area contributed by atoms with Crippen molar-refractivity contribution in [2.75, 3.05) is 6.61 Å². The van der Waals surface area contributed by atoms with Crippen LogP contribution in [0.1, 0.15) is 44.6 Å². The first-order chi connectivity index (χ1) is 8.76. The monoisotopic (exact) mass is 248 g/mol. The molecule has 3 unspecified atom stereocenters. The van der Waals surface area contributed by atoms with E-state index in [4.69, 9.17) is 10.6 Å². The van der Waals surface area contributed by atoms with Crippen LogP contribution in [0.5, 0.6) is 5.75 Å². The van der Waals surface area contributed by atoms with Crippen LogP contribution in [-0.2, 0) is 0 Å². The third-order valence-corrected chi connectivity index (χ3v) is 4.17. The fourth-order valence-electron chi connectivity index (χ4n) is 2.72. The quantitative estimate of drug-likeness (QED) is 0.622. The summed E-state index contributed by atoms with van der Waals surface area (Å²) in [5, 5.41) is 0. The maximum atomic E-state index is 5.71. The van der Waals surface area contributed by atoms with Crippen molar-refractivity contribution in [3.05, 3.63) is 29.8 Å². The number of ether oxygens (including phenoxy) is 1. The fraction of sp³-hybridized carbons (Fsp3) is 0.600. The van der Waals surface area contributed by atoms with Crippen LogP contribution >= 0.6 is 0 Å². The van der Waals surface area contributed by atoms with Crippen LogP contribution in [0.2, 0.25) is 0 Å². The Morgan fingerprint density at radius 1 is 1.44 bits per heavy atom. The van der Waals surface area contributed by atoms with Gasteiger partial charge in [0.2, 0.25) is 0 Å². The number of para-hydroxylation sites is 1. The lowest BCUT2D eigenvalue weighted by atomic mass is 9.83. The minimum atomic E-state index is 0.381. The topological polar surface area (TPSA) is 47.3 Å². The second kappa shape index (κ2) is 6.21. The van der Waals surface area contributed by atoms with Gasteiger partial charge >= 0.3 is 0 Å². The van der Waals surface area contributed by atoms with Gasteiger partial charge in [-0.2, -0.15) is 0 Å². The van der Waals surface area contributed by atoms with Gasteiger partial charge in [-0.1, -0.05) is 38.5 Å². The lowest BCUT2D eigenvalue weighted by Crippen LogP contribution is -2.41. The van der Waals surface area contributed by atoms with Crippen molar-refractivity contribution in [1.82, 2.24) is 5.43 Å². The number of benzene rings is 1. The Balaban J connectivity index is 2.10. The second-order valence-corrected chi connectivity index (χ2v) is 5.27. The molecule has 100 valence electrons. The molecule has 0 fully saturated rings. The molecule has 1 aliphatic rings. The van der Waals surface area contributed by atoms with Crippen LogP contribution in [-0.4, -0.2) is 12.6 Å². The Morgan fingerprint density at radius 3 is 2.94 bits per heavy atom. The van der Waals surface area contributed by atoms with Crippen molar-refractivity contribution < 1.29 is 4.74 Å². The highest BCUT2D eigenvalue weighted by Crippen LogP contribution is 2.37. The predicted octanol–water partition coefficient (Wildman–Crippen LogP) is 2.82. The third kappa shape index (κ3) is 2.85. The molecule has 1 aromatic carbocycles. The molecule has 0 bridgehead atoms. The Bertz CT molecular complexity index is 381. The number of rotatable bonds is 5. The summed E-state index contributed by atoms with van der Waals surface area (Å²) in [6.07, 6.45) is 3.33. The first-order valence-corrected chi connectivity index (χ1v) is 6.94. The van der Waals surface area contributed by atoms with Crippen LogP contribution in [0.25, 0.3) is 0 Å². The molecular formula is C15H24N2O. The smallest absolute Gasteiger partial charge is 0.122 e. The summed E-state index contributed by atoms with van der Waals surface area (Å²) in [6.45, 7) is 5.29. The molecule has 1 heterocycles. The summed E-state index contributed by atoms with van der Waals surface area (Å²) in [5.74, 6) is 7.92. The van der Waals surface area contributed by atoms with E-state index >= 15 is 0 Å². The summed E-state index contributed by atoms with van der Waals surface area (Å²) in [5.41, 5.74) is 4.33. The Kier molecular flexibility index (Phi) is 4.61. The van der Waals surface area contributed by atoms with Crippen LogP contribution < -0.4 is 16.0 Å². The summed E-state index contributed by atoms with van der Waals surface area (Å²) >= 11 is 0. The van der Waals surface area contributed by atoms with E-state index in [1.54, 1.807) is 0 Å². The predicted molar refractivity (Wildman–Crippen MR) is 74.5 cm³/mol. The van der Waals surface area contributed by atoms with Gasteiger partial charge in [0.25, 0.3) is 0 Å². The van der Waals surface area contributed by atoms with Gasteiger partial charge in [0.15, 0.2) is 0 Å². The van der Waals surface area contributed by atoms with E-state index in [1.165, 1.54) is 5.56 Å². The van der Waals surface area contributed by atoms with Gasteiger partial charge in [0, 0.05) is 6.04 Å². The molecule has 0 radical (unpaired) electrons. The molecule has 3 N–H and O–H groups in total. The summed E-state index contributed by atoms with van der Waals surface area (Å²) in [6, 6.07) is 8.76. The van der Waals surface area contributed by atoms with Crippen molar-refractivity contribution >= 4 is 0 Å². The minimum absolute atomic E-state index is 0.381. The molecular weight excluding hydrogens is 224 g/mol. The molecule has 0 amide bonds. The van der Waals surface area contributed by atoms with Crippen molar-refractivity contribution in [2.24, 2.45) is 11.8 Å². The van der Waals surface area contributed by atoms with Gasteiger partial charge in [-0.3, -0.25) is 11.3 Å². The molecule has 0 aromatic heterocycles.